The summed E-state index contributed by atoms with van der Waals surface area (Å²) in [6.45, 7) is 2.89. The third-order valence-electron chi connectivity index (χ3n) is 2.09. The fourth-order valence-corrected chi connectivity index (χ4v) is 2.55. The highest BCUT2D eigenvalue weighted by Crippen LogP contribution is 2.36. The van der Waals surface area contributed by atoms with E-state index in [9.17, 15) is 4.79 Å². The average molecular weight is 189 g/mol. The highest BCUT2D eigenvalue weighted by molar-refractivity contribution is 8.00. The van der Waals surface area contributed by atoms with Crippen LogP contribution in [0.3, 0.4) is 0 Å². The van der Waals surface area contributed by atoms with Gasteiger partial charge in [-0.3, -0.25) is 0 Å². The average Bonchev–Trinajstić information content (AvgIpc) is 2.49. The molecule has 1 fully saturated rings. The lowest BCUT2D eigenvalue weighted by molar-refractivity contribution is 0.170. The molecular weight excluding hydrogens is 174 g/mol. The standard InChI is InChI=1S/C8H15NO2S/c1-8(4-3-5-12-8)6-9-7(10)11-2/h3-6H2,1-2H3,(H,9,10). The van der Waals surface area contributed by atoms with E-state index >= 15 is 0 Å². The van der Waals surface area contributed by atoms with Gasteiger partial charge in [0, 0.05) is 11.3 Å². The molecular formula is C8H15NO2S. The second kappa shape index (κ2) is 4.03. The van der Waals surface area contributed by atoms with Crippen LogP contribution in [0.2, 0.25) is 0 Å². The highest BCUT2D eigenvalue weighted by Gasteiger charge is 2.29. The highest BCUT2D eigenvalue weighted by atomic mass is 32.2. The molecule has 1 rings (SSSR count). The van der Waals surface area contributed by atoms with Crippen molar-refractivity contribution in [2.45, 2.75) is 24.5 Å². The van der Waals surface area contributed by atoms with Crippen molar-refractivity contribution in [1.29, 1.82) is 0 Å². The number of ether oxygens (including phenoxy) is 1. The molecule has 0 aliphatic carbocycles. The summed E-state index contributed by atoms with van der Waals surface area (Å²) in [5, 5.41) is 2.73. The summed E-state index contributed by atoms with van der Waals surface area (Å²) in [4.78, 5) is 10.8. The Balaban J connectivity index is 2.25. The van der Waals surface area contributed by atoms with Crippen molar-refractivity contribution in [1.82, 2.24) is 5.32 Å². The van der Waals surface area contributed by atoms with Gasteiger partial charge in [0.1, 0.15) is 0 Å². The summed E-state index contributed by atoms with van der Waals surface area (Å²) < 4.78 is 4.73. The zero-order valence-electron chi connectivity index (χ0n) is 7.55. The summed E-state index contributed by atoms with van der Waals surface area (Å²) in [5.41, 5.74) is 0. The minimum absolute atomic E-state index is 0.230. The van der Waals surface area contributed by atoms with Crippen molar-refractivity contribution in [2.75, 3.05) is 19.4 Å². The van der Waals surface area contributed by atoms with Crippen LogP contribution in [-0.2, 0) is 4.74 Å². The molecule has 1 amide bonds. The summed E-state index contributed by atoms with van der Waals surface area (Å²) in [5.74, 6) is 1.21. The predicted molar refractivity (Wildman–Crippen MR) is 50.5 cm³/mol. The second-order valence-corrected chi connectivity index (χ2v) is 4.93. The molecule has 0 bridgehead atoms. The number of hydrogen-bond acceptors (Lipinski definition) is 3. The Morgan fingerprint density at radius 1 is 1.75 bits per heavy atom. The molecule has 3 nitrogen and oxygen atoms in total. The van der Waals surface area contributed by atoms with Gasteiger partial charge < -0.3 is 10.1 Å². The van der Waals surface area contributed by atoms with Crippen LogP contribution in [0.5, 0.6) is 0 Å². The van der Waals surface area contributed by atoms with E-state index in [1.807, 2.05) is 11.8 Å². The van der Waals surface area contributed by atoms with Crippen molar-refractivity contribution in [3.63, 3.8) is 0 Å². The molecule has 0 saturated carbocycles. The Morgan fingerprint density at radius 3 is 3.00 bits per heavy atom. The van der Waals surface area contributed by atoms with E-state index in [2.05, 4.69) is 17.0 Å². The maximum atomic E-state index is 10.8. The van der Waals surface area contributed by atoms with Crippen LogP contribution >= 0.6 is 11.8 Å². The fourth-order valence-electron chi connectivity index (χ4n) is 1.31. The summed E-state index contributed by atoms with van der Waals surface area (Å²) in [6.07, 6.45) is 2.11. The zero-order chi connectivity index (χ0) is 9.03. The van der Waals surface area contributed by atoms with E-state index in [-0.39, 0.29) is 10.8 Å². The van der Waals surface area contributed by atoms with Crippen LogP contribution in [0, 0.1) is 0 Å². The van der Waals surface area contributed by atoms with Gasteiger partial charge in [0.25, 0.3) is 0 Å². The number of hydrogen-bond donors (Lipinski definition) is 1. The fraction of sp³-hybridized carbons (Fsp3) is 0.875. The topological polar surface area (TPSA) is 38.3 Å². The number of methoxy groups -OCH3 is 1. The molecule has 1 N–H and O–H groups in total. The molecule has 0 aromatic heterocycles. The summed E-state index contributed by atoms with van der Waals surface area (Å²) >= 11 is 1.93. The number of carbonyl (C=O) groups is 1. The maximum Gasteiger partial charge on any atom is 0.406 e. The first-order chi connectivity index (χ1) is 5.66. The SMILES string of the molecule is COC(=O)NCC1(C)CCCS1. The van der Waals surface area contributed by atoms with Gasteiger partial charge in [0.2, 0.25) is 0 Å². The first kappa shape index (κ1) is 9.71. The molecule has 1 unspecified atom stereocenters. The smallest absolute Gasteiger partial charge is 0.406 e. The minimum Gasteiger partial charge on any atom is -0.453 e. The number of carbonyl (C=O) groups excluding carboxylic acids is 1. The van der Waals surface area contributed by atoms with Gasteiger partial charge in [-0.1, -0.05) is 0 Å². The first-order valence-electron chi connectivity index (χ1n) is 4.12. The quantitative estimate of drug-likeness (QED) is 0.717. The Hall–Kier alpha value is -0.380. The monoisotopic (exact) mass is 189 g/mol. The van der Waals surface area contributed by atoms with E-state index in [0.29, 0.717) is 6.54 Å². The van der Waals surface area contributed by atoms with Gasteiger partial charge in [-0.15, -0.1) is 0 Å². The van der Waals surface area contributed by atoms with Crippen molar-refractivity contribution < 1.29 is 9.53 Å². The van der Waals surface area contributed by atoms with E-state index in [1.54, 1.807) is 0 Å². The van der Waals surface area contributed by atoms with Crippen molar-refractivity contribution in [3.05, 3.63) is 0 Å². The third-order valence-corrected chi connectivity index (χ3v) is 3.63. The Kier molecular flexibility index (Phi) is 3.26. The van der Waals surface area contributed by atoms with Gasteiger partial charge in [-0.2, -0.15) is 11.8 Å². The Morgan fingerprint density at radius 2 is 2.50 bits per heavy atom. The van der Waals surface area contributed by atoms with Crippen LogP contribution in [0.25, 0.3) is 0 Å². The van der Waals surface area contributed by atoms with Gasteiger partial charge in [-0.05, 0) is 25.5 Å². The van der Waals surface area contributed by atoms with Crippen molar-refractivity contribution in [2.24, 2.45) is 0 Å². The molecule has 1 aliphatic rings. The van der Waals surface area contributed by atoms with Crippen LogP contribution in [0.4, 0.5) is 4.79 Å². The van der Waals surface area contributed by atoms with E-state index < -0.39 is 0 Å². The minimum atomic E-state index is -0.330. The van der Waals surface area contributed by atoms with E-state index in [0.717, 1.165) is 0 Å². The lowest BCUT2D eigenvalue weighted by Crippen LogP contribution is -2.36. The molecule has 12 heavy (non-hydrogen) atoms. The van der Waals surface area contributed by atoms with E-state index in [4.69, 9.17) is 0 Å². The number of nitrogens with one attached hydrogen (secondary N) is 1. The van der Waals surface area contributed by atoms with Crippen molar-refractivity contribution >= 4 is 17.9 Å². The second-order valence-electron chi connectivity index (χ2n) is 3.25. The van der Waals surface area contributed by atoms with Crippen molar-refractivity contribution in [3.8, 4) is 0 Å². The lowest BCUT2D eigenvalue weighted by atomic mass is 10.1. The number of thioether (sulfide) groups is 1. The molecule has 4 heteroatoms. The largest absolute Gasteiger partial charge is 0.453 e. The van der Waals surface area contributed by atoms with Crippen LogP contribution < -0.4 is 5.32 Å². The molecule has 0 spiro atoms. The lowest BCUT2D eigenvalue weighted by Gasteiger charge is -2.22. The zero-order valence-corrected chi connectivity index (χ0v) is 8.37. The molecule has 1 aliphatic heterocycles. The van der Waals surface area contributed by atoms with Crippen LogP contribution in [0.1, 0.15) is 19.8 Å². The molecule has 1 saturated heterocycles. The number of amides is 1. The summed E-state index contributed by atoms with van der Waals surface area (Å²) in [7, 11) is 1.39. The molecule has 0 radical (unpaired) electrons. The molecule has 70 valence electrons. The normalized spacial score (nSPS) is 28.5. The molecule has 0 aromatic carbocycles. The third kappa shape index (κ3) is 2.59. The van der Waals surface area contributed by atoms with Gasteiger partial charge in [0.05, 0.1) is 7.11 Å². The summed E-state index contributed by atoms with van der Waals surface area (Å²) in [6, 6.07) is 0. The maximum absolute atomic E-state index is 10.8. The Labute approximate surface area is 77.2 Å². The Bertz CT molecular complexity index is 166. The predicted octanol–water partition coefficient (Wildman–Crippen LogP) is 1.63. The molecule has 1 atom stereocenters. The van der Waals surface area contributed by atoms with Gasteiger partial charge >= 0.3 is 6.09 Å². The number of alkyl carbamates (subject to hydrolysis) is 1. The van der Waals surface area contributed by atoms with Crippen LogP contribution in [-0.4, -0.2) is 30.2 Å². The van der Waals surface area contributed by atoms with Crippen LogP contribution in [0.15, 0.2) is 0 Å². The first-order valence-corrected chi connectivity index (χ1v) is 5.11. The van der Waals surface area contributed by atoms with E-state index in [1.165, 1.54) is 25.7 Å². The molecule has 1 heterocycles. The van der Waals surface area contributed by atoms with Gasteiger partial charge in [0.15, 0.2) is 0 Å². The van der Waals surface area contributed by atoms with Gasteiger partial charge in [-0.25, -0.2) is 4.79 Å². The number of rotatable bonds is 2. The molecule has 0 aromatic rings.